The quantitative estimate of drug-likeness (QED) is 0.910. The van der Waals surface area contributed by atoms with Crippen molar-refractivity contribution < 1.29 is 9.32 Å². The molecule has 2 heterocycles. The van der Waals surface area contributed by atoms with Crippen LogP contribution in [0, 0.1) is 13.8 Å². The summed E-state index contributed by atoms with van der Waals surface area (Å²) in [6.45, 7) is 6.22. The molecule has 0 unspecified atom stereocenters. The topological polar surface area (TPSA) is 85.8 Å². The third-order valence-electron chi connectivity index (χ3n) is 4.66. The van der Waals surface area contributed by atoms with Crippen molar-refractivity contribution in [2.45, 2.75) is 64.8 Å². The molecule has 0 radical (unpaired) electrons. The molecule has 2 aromatic heterocycles. The van der Waals surface area contributed by atoms with Gasteiger partial charge in [0.2, 0.25) is 5.76 Å². The molecule has 1 amide bonds. The van der Waals surface area contributed by atoms with Crippen molar-refractivity contribution >= 4 is 5.91 Å². The summed E-state index contributed by atoms with van der Waals surface area (Å²) in [5.41, 5.74) is 0.913. The number of hydrogen-bond donors (Lipinski definition) is 1. The fraction of sp³-hybridized carbons (Fsp3) is 0.647. The van der Waals surface area contributed by atoms with E-state index in [0.29, 0.717) is 12.5 Å². The maximum absolute atomic E-state index is 12.3. The van der Waals surface area contributed by atoms with Crippen LogP contribution >= 0.6 is 0 Å². The van der Waals surface area contributed by atoms with Crippen LogP contribution < -0.4 is 5.32 Å². The Morgan fingerprint density at radius 2 is 2.12 bits per heavy atom. The fourth-order valence-corrected chi connectivity index (χ4v) is 3.35. The zero-order valence-electron chi connectivity index (χ0n) is 14.6. The van der Waals surface area contributed by atoms with Crippen LogP contribution in [-0.2, 0) is 0 Å². The van der Waals surface area contributed by atoms with E-state index in [1.807, 2.05) is 25.5 Å². The second-order valence-electron chi connectivity index (χ2n) is 6.66. The molecule has 0 bridgehead atoms. The zero-order valence-corrected chi connectivity index (χ0v) is 14.6. The molecule has 7 heteroatoms. The highest BCUT2D eigenvalue weighted by Gasteiger charge is 2.22. The first-order valence-corrected chi connectivity index (χ1v) is 8.69. The molecule has 1 saturated carbocycles. The SMILES string of the molecule is Cc1nc(C)n([C@@H](C)CNC(=O)c2cc(C3CCCCC3)no2)n1. The van der Waals surface area contributed by atoms with Crippen LogP contribution in [0.1, 0.15) is 78.9 Å². The van der Waals surface area contributed by atoms with Crippen LogP contribution in [0.4, 0.5) is 0 Å². The Balaban J connectivity index is 1.57. The van der Waals surface area contributed by atoms with Gasteiger partial charge < -0.3 is 9.84 Å². The lowest BCUT2D eigenvalue weighted by atomic mass is 9.87. The second-order valence-corrected chi connectivity index (χ2v) is 6.66. The highest BCUT2D eigenvalue weighted by Crippen LogP contribution is 2.32. The predicted octanol–water partition coefficient (Wildman–Crippen LogP) is 2.92. The number of carbonyl (C=O) groups is 1. The summed E-state index contributed by atoms with van der Waals surface area (Å²) < 4.78 is 7.07. The average Bonchev–Trinajstić information content (AvgIpc) is 3.20. The molecule has 130 valence electrons. The third kappa shape index (κ3) is 3.66. The monoisotopic (exact) mass is 331 g/mol. The van der Waals surface area contributed by atoms with Gasteiger partial charge in [0.1, 0.15) is 11.6 Å². The molecule has 0 spiro atoms. The van der Waals surface area contributed by atoms with Crippen LogP contribution in [-0.4, -0.2) is 32.4 Å². The number of hydrogen-bond acceptors (Lipinski definition) is 5. The summed E-state index contributed by atoms with van der Waals surface area (Å²) in [5.74, 6) is 2.07. The van der Waals surface area contributed by atoms with E-state index >= 15 is 0 Å². The molecule has 24 heavy (non-hydrogen) atoms. The van der Waals surface area contributed by atoms with Gasteiger partial charge >= 0.3 is 0 Å². The molecule has 2 aromatic rings. The zero-order chi connectivity index (χ0) is 17.1. The summed E-state index contributed by atoms with van der Waals surface area (Å²) >= 11 is 0. The first-order valence-electron chi connectivity index (χ1n) is 8.69. The van der Waals surface area contributed by atoms with Crippen LogP contribution in [0.25, 0.3) is 0 Å². The third-order valence-corrected chi connectivity index (χ3v) is 4.66. The molecule has 7 nitrogen and oxygen atoms in total. The van der Waals surface area contributed by atoms with Gasteiger partial charge in [-0.1, -0.05) is 24.4 Å². The second kappa shape index (κ2) is 7.15. The molecule has 3 rings (SSSR count). The van der Waals surface area contributed by atoms with E-state index < -0.39 is 0 Å². The van der Waals surface area contributed by atoms with E-state index in [-0.39, 0.29) is 17.7 Å². The Labute approximate surface area is 141 Å². The number of nitrogens with zero attached hydrogens (tertiary/aromatic N) is 4. The minimum Gasteiger partial charge on any atom is -0.351 e. The number of nitrogens with one attached hydrogen (secondary N) is 1. The average molecular weight is 331 g/mol. The Kier molecular flexibility index (Phi) is 4.97. The lowest BCUT2D eigenvalue weighted by Gasteiger charge is -2.18. The van der Waals surface area contributed by atoms with Crippen molar-refractivity contribution in [3.05, 3.63) is 29.2 Å². The van der Waals surface area contributed by atoms with Gasteiger partial charge in [0.25, 0.3) is 5.91 Å². The van der Waals surface area contributed by atoms with Crippen molar-refractivity contribution in [2.75, 3.05) is 6.54 Å². The van der Waals surface area contributed by atoms with Gasteiger partial charge in [-0.05, 0) is 33.6 Å². The van der Waals surface area contributed by atoms with Crippen LogP contribution in [0.2, 0.25) is 0 Å². The Morgan fingerprint density at radius 3 is 2.79 bits per heavy atom. The maximum Gasteiger partial charge on any atom is 0.289 e. The summed E-state index contributed by atoms with van der Waals surface area (Å²) in [6, 6.07) is 1.82. The van der Waals surface area contributed by atoms with Crippen molar-refractivity contribution in [2.24, 2.45) is 0 Å². The van der Waals surface area contributed by atoms with Crippen LogP contribution in [0.3, 0.4) is 0 Å². The van der Waals surface area contributed by atoms with Crippen LogP contribution in [0.15, 0.2) is 10.6 Å². The maximum atomic E-state index is 12.3. The van der Waals surface area contributed by atoms with E-state index in [0.717, 1.165) is 30.2 Å². The normalized spacial score (nSPS) is 17.0. The number of aryl methyl sites for hydroxylation is 2. The van der Waals surface area contributed by atoms with Crippen LogP contribution in [0.5, 0.6) is 0 Å². The minimum absolute atomic E-state index is 0.0240. The van der Waals surface area contributed by atoms with E-state index in [4.69, 9.17) is 4.52 Å². The first-order chi connectivity index (χ1) is 11.5. The van der Waals surface area contributed by atoms with Crippen molar-refractivity contribution in [1.29, 1.82) is 0 Å². The number of amides is 1. The molecular weight excluding hydrogens is 306 g/mol. The lowest BCUT2D eigenvalue weighted by molar-refractivity contribution is 0.0910. The van der Waals surface area contributed by atoms with Gasteiger partial charge in [-0.2, -0.15) is 5.10 Å². The molecule has 0 saturated heterocycles. The van der Waals surface area contributed by atoms with Gasteiger partial charge in [0, 0.05) is 18.5 Å². The van der Waals surface area contributed by atoms with E-state index in [2.05, 4.69) is 20.6 Å². The van der Waals surface area contributed by atoms with Gasteiger partial charge in [-0.3, -0.25) is 4.79 Å². The van der Waals surface area contributed by atoms with Crippen molar-refractivity contribution in [3.63, 3.8) is 0 Å². The largest absolute Gasteiger partial charge is 0.351 e. The predicted molar refractivity (Wildman–Crippen MR) is 88.9 cm³/mol. The lowest BCUT2D eigenvalue weighted by Crippen LogP contribution is -2.30. The molecule has 0 aromatic carbocycles. The van der Waals surface area contributed by atoms with E-state index in [1.165, 1.54) is 19.3 Å². The Bertz CT molecular complexity index is 700. The first kappa shape index (κ1) is 16.7. The molecule has 1 aliphatic rings. The standard InChI is InChI=1S/C17H25N5O2/c1-11(22-13(3)19-12(2)20-22)10-18-17(23)16-9-15(21-24-16)14-7-5-4-6-8-14/h9,11,14H,4-8,10H2,1-3H3,(H,18,23)/t11-/m0/s1. The number of rotatable bonds is 5. The minimum atomic E-state index is -0.231. The van der Waals surface area contributed by atoms with Gasteiger partial charge in [-0.25, -0.2) is 9.67 Å². The summed E-state index contributed by atoms with van der Waals surface area (Å²) in [7, 11) is 0. The Morgan fingerprint density at radius 1 is 1.38 bits per heavy atom. The molecular formula is C17H25N5O2. The van der Waals surface area contributed by atoms with Gasteiger partial charge in [0.05, 0.1) is 11.7 Å². The van der Waals surface area contributed by atoms with E-state index in [1.54, 1.807) is 6.07 Å². The smallest absolute Gasteiger partial charge is 0.289 e. The molecule has 0 aliphatic heterocycles. The highest BCUT2D eigenvalue weighted by atomic mass is 16.5. The van der Waals surface area contributed by atoms with Gasteiger partial charge in [-0.15, -0.1) is 0 Å². The van der Waals surface area contributed by atoms with Gasteiger partial charge in [0.15, 0.2) is 0 Å². The Hall–Kier alpha value is -2.18. The summed E-state index contributed by atoms with van der Waals surface area (Å²) in [5, 5.41) is 11.3. The fourth-order valence-electron chi connectivity index (χ4n) is 3.35. The summed E-state index contributed by atoms with van der Waals surface area (Å²) in [4.78, 5) is 16.6. The number of aromatic nitrogens is 4. The highest BCUT2D eigenvalue weighted by molar-refractivity contribution is 5.91. The number of carbonyl (C=O) groups excluding carboxylic acids is 1. The van der Waals surface area contributed by atoms with E-state index in [9.17, 15) is 4.79 Å². The molecule has 1 atom stereocenters. The summed E-state index contributed by atoms with van der Waals surface area (Å²) in [6.07, 6.45) is 6.02. The van der Waals surface area contributed by atoms with Crippen molar-refractivity contribution in [3.8, 4) is 0 Å². The molecule has 1 fully saturated rings. The molecule has 1 aliphatic carbocycles. The van der Waals surface area contributed by atoms with Crippen molar-refractivity contribution in [1.82, 2.24) is 25.2 Å². The molecule has 1 N–H and O–H groups in total.